The van der Waals surface area contributed by atoms with Gasteiger partial charge in [0.25, 0.3) is 0 Å². The molecule has 0 unspecified atom stereocenters. The quantitative estimate of drug-likeness (QED) is 0.383. The van der Waals surface area contributed by atoms with Gasteiger partial charge in [-0.3, -0.25) is 4.79 Å². The minimum Gasteiger partial charge on any atom is -0.505 e. The maximum atomic E-state index is 12.8. The summed E-state index contributed by atoms with van der Waals surface area (Å²) in [5.41, 5.74) is 7.54. The molecule has 25 heavy (non-hydrogen) atoms. The van der Waals surface area contributed by atoms with E-state index in [9.17, 15) is 14.7 Å². The van der Waals surface area contributed by atoms with E-state index in [1.54, 1.807) is 19.1 Å². The Bertz CT molecular complexity index is 802. The van der Waals surface area contributed by atoms with E-state index in [1.807, 2.05) is 20.8 Å². The number of aromatic hydroxyl groups is 1. The molecule has 0 spiro atoms. The van der Waals surface area contributed by atoms with Gasteiger partial charge in [0.2, 0.25) is 0 Å². The van der Waals surface area contributed by atoms with Crippen LogP contribution in [0.3, 0.4) is 0 Å². The number of nitrogens with two attached hydrogens (primary N) is 1. The fraction of sp³-hybridized carbons (Fsp3) is 0.300. The van der Waals surface area contributed by atoms with Crippen molar-refractivity contribution >= 4 is 17.4 Å². The molecular weight excluding hydrogens is 318 g/mol. The summed E-state index contributed by atoms with van der Waals surface area (Å²) in [5.74, 6) is -1.03. The van der Waals surface area contributed by atoms with Crippen LogP contribution in [0, 0.1) is 0 Å². The summed E-state index contributed by atoms with van der Waals surface area (Å²) in [6, 6.07) is 9.46. The van der Waals surface area contributed by atoms with Crippen molar-refractivity contribution in [3.8, 4) is 5.75 Å². The van der Waals surface area contributed by atoms with Crippen molar-refractivity contribution in [1.82, 2.24) is 0 Å². The average Bonchev–Trinajstić information content (AvgIpc) is 2.56. The third kappa shape index (κ3) is 3.99. The van der Waals surface area contributed by atoms with Gasteiger partial charge in [0.05, 0.1) is 23.4 Å². The van der Waals surface area contributed by atoms with Crippen LogP contribution >= 0.6 is 0 Å². The van der Waals surface area contributed by atoms with Gasteiger partial charge in [-0.2, -0.15) is 0 Å². The molecule has 132 valence electrons. The van der Waals surface area contributed by atoms with E-state index >= 15 is 0 Å². The third-order valence-corrected chi connectivity index (χ3v) is 3.91. The number of carbonyl (C=O) groups excluding carboxylic acids is 2. The zero-order valence-corrected chi connectivity index (χ0v) is 14.9. The zero-order chi connectivity index (χ0) is 18.8. The number of hydrogen-bond acceptors (Lipinski definition) is 5. The van der Waals surface area contributed by atoms with E-state index in [4.69, 9.17) is 10.5 Å². The van der Waals surface area contributed by atoms with Gasteiger partial charge in [0.15, 0.2) is 5.78 Å². The van der Waals surface area contributed by atoms with Crippen molar-refractivity contribution in [3.63, 3.8) is 0 Å². The number of rotatable bonds is 4. The lowest BCUT2D eigenvalue weighted by Crippen LogP contribution is -2.14. The molecule has 0 heterocycles. The van der Waals surface area contributed by atoms with E-state index in [2.05, 4.69) is 0 Å². The third-order valence-electron chi connectivity index (χ3n) is 3.91. The monoisotopic (exact) mass is 341 g/mol. The minimum absolute atomic E-state index is 0.147. The molecule has 0 radical (unpaired) electrons. The summed E-state index contributed by atoms with van der Waals surface area (Å²) >= 11 is 0. The van der Waals surface area contributed by atoms with Crippen LogP contribution in [-0.2, 0) is 10.2 Å². The van der Waals surface area contributed by atoms with Gasteiger partial charge in [-0.05, 0) is 42.2 Å². The fourth-order valence-electron chi connectivity index (χ4n) is 2.39. The highest BCUT2D eigenvalue weighted by atomic mass is 16.5. The molecule has 0 aliphatic heterocycles. The molecule has 2 aromatic carbocycles. The van der Waals surface area contributed by atoms with Gasteiger partial charge in [0, 0.05) is 5.56 Å². The van der Waals surface area contributed by atoms with Crippen molar-refractivity contribution in [1.29, 1.82) is 0 Å². The summed E-state index contributed by atoms with van der Waals surface area (Å²) in [6.45, 7) is 8.01. The van der Waals surface area contributed by atoms with Gasteiger partial charge in [0.1, 0.15) is 5.75 Å². The van der Waals surface area contributed by atoms with Crippen molar-refractivity contribution in [2.45, 2.75) is 33.1 Å². The maximum absolute atomic E-state index is 12.8. The number of ether oxygens (including phenoxy) is 1. The first-order chi connectivity index (χ1) is 11.6. The molecule has 0 amide bonds. The van der Waals surface area contributed by atoms with Crippen molar-refractivity contribution in [2.24, 2.45) is 0 Å². The number of ketones is 1. The Kier molecular flexibility index (Phi) is 5.16. The van der Waals surface area contributed by atoms with E-state index < -0.39 is 5.97 Å². The molecule has 3 N–H and O–H groups in total. The molecule has 2 rings (SSSR count). The number of hydrogen-bond donors (Lipinski definition) is 2. The lowest BCUT2D eigenvalue weighted by molar-refractivity contribution is 0.0526. The van der Waals surface area contributed by atoms with E-state index in [0.717, 1.165) is 5.56 Å². The summed E-state index contributed by atoms with van der Waals surface area (Å²) in [7, 11) is 0. The maximum Gasteiger partial charge on any atom is 0.338 e. The first-order valence-corrected chi connectivity index (χ1v) is 8.10. The highest BCUT2D eigenvalue weighted by Crippen LogP contribution is 2.33. The normalized spacial score (nSPS) is 11.2. The number of benzene rings is 2. The highest BCUT2D eigenvalue weighted by Gasteiger charge is 2.22. The van der Waals surface area contributed by atoms with Crippen LogP contribution in [-0.4, -0.2) is 23.5 Å². The molecule has 0 fully saturated rings. The van der Waals surface area contributed by atoms with Crippen LogP contribution in [0.5, 0.6) is 5.75 Å². The fourth-order valence-corrected chi connectivity index (χ4v) is 2.39. The first-order valence-electron chi connectivity index (χ1n) is 8.10. The van der Waals surface area contributed by atoms with Gasteiger partial charge in [-0.15, -0.1) is 0 Å². The number of anilines is 1. The second-order valence-corrected chi connectivity index (χ2v) is 6.84. The SMILES string of the molecule is CCOC(=O)c1ccc(C(=O)c2cc(C(C)(C)C)cc(N)c2O)cc1. The first kappa shape index (κ1) is 18.5. The Morgan fingerprint density at radius 2 is 1.64 bits per heavy atom. The molecule has 0 bridgehead atoms. The summed E-state index contributed by atoms with van der Waals surface area (Å²) in [5, 5.41) is 10.2. The Balaban J connectivity index is 2.41. The Hall–Kier alpha value is -2.82. The topological polar surface area (TPSA) is 89.6 Å². The molecular formula is C20H23NO4. The second kappa shape index (κ2) is 6.97. The van der Waals surface area contributed by atoms with Gasteiger partial charge >= 0.3 is 5.97 Å². The summed E-state index contributed by atoms with van der Waals surface area (Å²) in [6.07, 6.45) is 0. The average molecular weight is 341 g/mol. The molecule has 0 atom stereocenters. The van der Waals surface area contributed by atoms with Crippen molar-refractivity contribution in [2.75, 3.05) is 12.3 Å². The smallest absolute Gasteiger partial charge is 0.338 e. The minimum atomic E-state index is -0.441. The Morgan fingerprint density at radius 3 is 2.16 bits per heavy atom. The van der Waals surface area contributed by atoms with E-state index in [-0.39, 0.29) is 34.8 Å². The number of carbonyl (C=O) groups is 2. The van der Waals surface area contributed by atoms with Gasteiger partial charge in [-0.1, -0.05) is 32.9 Å². The van der Waals surface area contributed by atoms with Crippen molar-refractivity contribution < 1.29 is 19.4 Å². The van der Waals surface area contributed by atoms with Crippen LogP contribution < -0.4 is 5.73 Å². The molecule has 0 saturated heterocycles. The van der Waals surface area contributed by atoms with Crippen LogP contribution in [0.25, 0.3) is 0 Å². The van der Waals surface area contributed by atoms with Gasteiger partial charge in [-0.25, -0.2) is 4.79 Å². The van der Waals surface area contributed by atoms with Crippen LogP contribution in [0.4, 0.5) is 5.69 Å². The number of phenolic OH excluding ortho intramolecular Hbond substituents is 1. The molecule has 5 heteroatoms. The second-order valence-electron chi connectivity index (χ2n) is 6.84. The molecule has 5 nitrogen and oxygen atoms in total. The molecule has 0 aliphatic rings. The zero-order valence-electron chi connectivity index (χ0n) is 14.9. The molecule has 2 aromatic rings. The number of esters is 1. The van der Waals surface area contributed by atoms with Crippen LogP contribution in [0.15, 0.2) is 36.4 Å². The van der Waals surface area contributed by atoms with E-state index in [0.29, 0.717) is 11.1 Å². The lowest BCUT2D eigenvalue weighted by atomic mass is 9.84. The highest BCUT2D eigenvalue weighted by molar-refractivity contribution is 6.12. The van der Waals surface area contributed by atoms with Crippen LogP contribution in [0.2, 0.25) is 0 Å². The molecule has 0 saturated carbocycles. The largest absolute Gasteiger partial charge is 0.505 e. The van der Waals surface area contributed by atoms with Crippen LogP contribution in [0.1, 0.15) is 59.5 Å². The lowest BCUT2D eigenvalue weighted by Gasteiger charge is -2.21. The predicted octanol–water partition coefficient (Wildman–Crippen LogP) is 3.68. The molecule has 0 aliphatic carbocycles. The van der Waals surface area contributed by atoms with Crippen molar-refractivity contribution in [3.05, 3.63) is 58.7 Å². The van der Waals surface area contributed by atoms with E-state index in [1.165, 1.54) is 24.3 Å². The number of nitrogen functional groups attached to an aromatic ring is 1. The standard InChI is InChI=1S/C20H23NO4/c1-5-25-19(24)13-8-6-12(7-9-13)17(22)15-10-14(20(2,3)4)11-16(21)18(15)23/h6-11,23H,5,21H2,1-4H3. The predicted molar refractivity (Wildman–Crippen MR) is 97.1 cm³/mol. The molecule has 0 aromatic heterocycles. The Labute approximate surface area is 147 Å². The summed E-state index contributed by atoms with van der Waals surface area (Å²) < 4.78 is 4.92. The Morgan fingerprint density at radius 1 is 1.08 bits per heavy atom. The number of phenols is 1. The summed E-state index contributed by atoms with van der Waals surface area (Å²) in [4.78, 5) is 24.5. The van der Waals surface area contributed by atoms with Gasteiger partial charge < -0.3 is 15.6 Å².